The predicted octanol–water partition coefficient (Wildman–Crippen LogP) is 16.2. The third kappa shape index (κ3) is 5.81. The number of nitrogens with one attached hydrogen (secondary N) is 1. The maximum absolute atomic E-state index is 4.70. The molecule has 0 fully saturated rings. The van der Waals surface area contributed by atoms with Crippen molar-refractivity contribution in [1.29, 1.82) is 0 Å². The summed E-state index contributed by atoms with van der Waals surface area (Å²) in [5.74, 6) is 1.02. The maximum atomic E-state index is 4.70. The Morgan fingerprint density at radius 1 is 0.420 bits per heavy atom. The van der Waals surface area contributed by atoms with Gasteiger partial charge in [0.05, 0.1) is 51.0 Å². The van der Waals surface area contributed by atoms with Crippen molar-refractivity contribution in [2.45, 2.75) is 51.4 Å². The van der Waals surface area contributed by atoms with E-state index in [4.69, 9.17) is 4.98 Å². The molecule has 6 aromatic carbocycles. The molecular formula is C63H48N6. The molecule has 0 spiro atoms. The zero-order valence-corrected chi connectivity index (χ0v) is 38.9. The van der Waals surface area contributed by atoms with Gasteiger partial charge in [-0.05, 0) is 158 Å². The molecule has 0 saturated carbocycles. The highest BCUT2D eigenvalue weighted by molar-refractivity contribution is 6.17. The van der Waals surface area contributed by atoms with E-state index >= 15 is 0 Å². The standard InChI is InChI=1S/C63H48N6/c1-36-37(2)49-33-53-51-31-45(41-15-19-43(20-16-41)55-12-6-8-28-67-55)22-24-57(51)69(47-25-29-65-35-47)63(53)59-39(4)38(3)58-60(61(49)59)48(36)32-52-50-30-44(40-13-17-42(18-14-40)54-11-5-7-27-66-54)21-23-56(50)68(62(52)58)46-10-9-26-64-34-46/h5-39,65H,1-4H3. The first-order valence-electron chi connectivity index (χ1n) is 24.3. The van der Waals surface area contributed by atoms with Gasteiger partial charge in [0.15, 0.2) is 0 Å². The largest absolute Gasteiger partial charge is 0.366 e. The van der Waals surface area contributed by atoms with Gasteiger partial charge >= 0.3 is 0 Å². The molecule has 1 N–H and O–H groups in total. The van der Waals surface area contributed by atoms with Gasteiger partial charge in [0.25, 0.3) is 0 Å². The van der Waals surface area contributed by atoms with E-state index in [1.54, 1.807) is 0 Å². The highest BCUT2D eigenvalue weighted by Crippen LogP contribution is 2.61. The molecule has 0 amide bonds. The lowest BCUT2D eigenvalue weighted by atomic mass is 9.62. The van der Waals surface area contributed by atoms with Crippen LogP contribution in [0.1, 0.15) is 73.6 Å². The summed E-state index contributed by atoms with van der Waals surface area (Å²) in [6, 6.07) is 55.6. The first-order valence-corrected chi connectivity index (χ1v) is 24.3. The van der Waals surface area contributed by atoms with E-state index in [-0.39, 0.29) is 11.8 Å². The van der Waals surface area contributed by atoms with Crippen molar-refractivity contribution in [3.8, 4) is 67.3 Å². The van der Waals surface area contributed by atoms with Gasteiger partial charge in [0, 0.05) is 63.7 Å². The summed E-state index contributed by atoms with van der Waals surface area (Å²) >= 11 is 0. The molecule has 0 saturated heterocycles. The van der Waals surface area contributed by atoms with Crippen molar-refractivity contribution in [2.24, 2.45) is 0 Å². The number of fused-ring (bicyclic) bond motifs is 8. The molecule has 6 heterocycles. The second kappa shape index (κ2) is 15.1. The second-order valence-electron chi connectivity index (χ2n) is 19.5. The highest BCUT2D eigenvalue weighted by atomic mass is 15.0. The van der Waals surface area contributed by atoms with Gasteiger partial charge < -0.3 is 14.1 Å². The van der Waals surface area contributed by atoms with Crippen molar-refractivity contribution in [3.63, 3.8) is 0 Å². The van der Waals surface area contributed by atoms with Crippen LogP contribution in [0.2, 0.25) is 0 Å². The van der Waals surface area contributed by atoms with Crippen LogP contribution in [-0.4, -0.2) is 29.1 Å². The summed E-state index contributed by atoms with van der Waals surface area (Å²) in [7, 11) is 0. The topological polar surface area (TPSA) is 64.3 Å². The van der Waals surface area contributed by atoms with E-state index < -0.39 is 0 Å². The number of pyridine rings is 3. The van der Waals surface area contributed by atoms with E-state index in [1.165, 1.54) is 99.2 Å². The maximum Gasteiger partial charge on any atom is 0.0701 e. The number of nitrogens with zero attached hydrogens (tertiary/aromatic N) is 5. The Bertz CT molecular complexity index is 3980. The van der Waals surface area contributed by atoms with E-state index in [1.807, 2.05) is 55.2 Å². The fourth-order valence-electron chi connectivity index (χ4n) is 12.2. The fourth-order valence-corrected chi connectivity index (χ4v) is 12.2. The quantitative estimate of drug-likeness (QED) is 0.181. The fraction of sp³-hybridized carbons (Fsp3) is 0.127. The number of hydrogen-bond acceptors (Lipinski definition) is 3. The molecule has 2 aliphatic rings. The average Bonchev–Trinajstić information content (AvgIpc) is 4.14. The lowest BCUT2D eigenvalue weighted by Crippen LogP contribution is -2.24. The molecule has 69 heavy (non-hydrogen) atoms. The lowest BCUT2D eigenvalue weighted by molar-refractivity contribution is 0.584. The Morgan fingerprint density at radius 2 is 0.913 bits per heavy atom. The molecule has 330 valence electrons. The van der Waals surface area contributed by atoms with Gasteiger partial charge in [-0.15, -0.1) is 0 Å². The van der Waals surface area contributed by atoms with Crippen LogP contribution < -0.4 is 0 Å². The molecular weight excluding hydrogens is 841 g/mol. The van der Waals surface area contributed by atoms with Crippen molar-refractivity contribution in [3.05, 3.63) is 211 Å². The van der Waals surface area contributed by atoms with Crippen LogP contribution in [0.15, 0.2) is 189 Å². The van der Waals surface area contributed by atoms with Crippen LogP contribution in [0, 0.1) is 0 Å². The minimum absolute atomic E-state index is 0.207. The van der Waals surface area contributed by atoms with E-state index in [0.29, 0.717) is 11.8 Å². The summed E-state index contributed by atoms with van der Waals surface area (Å²) in [5, 5.41) is 5.17. The van der Waals surface area contributed by atoms with E-state index in [2.05, 4.69) is 185 Å². The average molecular weight is 889 g/mol. The van der Waals surface area contributed by atoms with Crippen molar-refractivity contribution >= 4 is 43.6 Å². The molecule has 0 bridgehead atoms. The van der Waals surface area contributed by atoms with Gasteiger partial charge in [-0.2, -0.15) is 0 Å². The SMILES string of the molecule is CC1c2cc3c4cc(-c5ccc(-c6ccccn6)cc5)ccc4n(-c4cccnc4)c3c3c2-c2c(cc4c5cc(-c6ccc(-c7ccccn7)cc6)ccc5n(-c5cc[nH]c5)c4c2C(C)C3C)C1C. The Labute approximate surface area is 400 Å². The van der Waals surface area contributed by atoms with Crippen LogP contribution in [0.25, 0.3) is 111 Å². The Morgan fingerprint density at radius 3 is 1.36 bits per heavy atom. The second-order valence-corrected chi connectivity index (χ2v) is 19.5. The van der Waals surface area contributed by atoms with Crippen molar-refractivity contribution in [1.82, 2.24) is 29.1 Å². The van der Waals surface area contributed by atoms with Crippen LogP contribution in [0.5, 0.6) is 0 Å². The first kappa shape index (κ1) is 39.8. The van der Waals surface area contributed by atoms with E-state index in [9.17, 15) is 0 Å². The Hall–Kier alpha value is -8.35. The van der Waals surface area contributed by atoms with Gasteiger partial charge in [-0.1, -0.05) is 100 Å². The van der Waals surface area contributed by atoms with Crippen molar-refractivity contribution in [2.75, 3.05) is 0 Å². The summed E-state index contributed by atoms with van der Waals surface area (Å²) < 4.78 is 5.05. The zero-order chi connectivity index (χ0) is 46.1. The van der Waals surface area contributed by atoms with Crippen LogP contribution in [0.3, 0.4) is 0 Å². The Balaban J connectivity index is 1.02. The normalized spacial score (nSPS) is 17.3. The van der Waals surface area contributed by atoms with Crippen LogP contribution in [0.4, 0.5) is 0 Å². The minimum atomic E-state index is 0.207. The van der Waals surface area contributed by atoms with Gasteiger partial charge in [0.1, 0.15) is 0 Å². The number of rotatable bonds is 6. The first-order chi connectivity index (χ1) is 33.9. The number of benzene rings is 6. The summed E-state index contributed by atoms with van der Waals surface area (Å²) in [6.45, 7) is 9.90. The molecule has 4 atom stereocenters. The number of aromatic amines is 1. The minimum Gasteiger partial charge on any atom is -0.366 e. The zero-order valence-electron chi connectivity index (χ0n) is 38.9. The third-order valence-electron chi connectivity index (χ3n) is 16.0. The predicted molar refractivity (Wildman–Crippen MR) is 284 cm³/mol. The summed E-state index contributed by atoms with van der Waals surface area (Å²) in [5.41, 5.74) is 24.9. The number of H-pyrrole nitrogens is 1. The van der Waals surface area contributed by atoms with E-state index in [0.717, 1.165) is 33.9 Å². The van der Waals surface area contributed by atoms with Gasteiger partial charge in [-0.3, -0.25) is 15.0 Å². The number of aromatic nitrogens is 6. The monoisotopic (exact) mass is 888 g/mol. The smallest absolute Gasteiger partial charge is 0.0701 e. The molecule has 2 aliphatic carbocycles. The molecule has 0 radical (unpaired) electrons. The van der Waals surface area contributed by atoms with Crippen LogP contribution >= 0.6 is 0 Å². The highest BCUT2D eigenvalue weighted by Gasteiger charge is 2.42. The molecule has 6 nitrogen and oxygen atoms in total. The molecule has 6 aromatic heterocycles. The van der Waals surface area contributed by atoms with Crippen LogP contribution in [-0.2, 0) is 0 Å². The molecule has 0 aliphatic heterocycles. The van der Waals surface area contributed by atoms with Gasteiger partial charge in [-0.25, -0.2) is 0 Å². The summed E-state index contributed by atoms with van der Waals surface area (Å²) in [4.78, 5) is 17.3. The third-order valence-corrected chi connectivity index (χ3v) is 16.0. The van der Waals surface area contributed by atoms with Gasteiger partial charge in [0.2, 0.25) is 0 Å². The Kier molecular flexibility index (Phi) is 8.69. The summed E-state index contributed by atoms with van der Waals surface area (Å²) in [6.07, 6.45) is 11.8. The van der Waals surface area contributed by atoms with Crippen molar-refractivity contribution < 1.29 is 0 Å². The molecule has 4 unspecified atom stereocenters. The lowest BCUT2D eigenvalue weighted by Gasteiger charge is -2.42. The number of hydrogen-bond donors (Lipinski definition) is 1. The molecule has 14 rings (SSSR count). The molecule has 6 heteroatoms. The molecule has 12 aromatic rings.